The standard InChI is InChI=1S/C8H8N2OS/c11-7-3-5-12-8-6(10-7)2-1-4-9-8/h1-2,4H,3,5H2,(H,10,11). The van der Waals surface area contributed by atoms with Gasteiger partial charge in [0.15, 0.2) is 0 Å². The third-order valence-electron chi connectivity index (χ3n) is 1.61. The van der Waals surface area contributed by atoms with Crippen molar-refractivity contribution in [1.29, 1.82) is 0 Å². The summed E-state index contributed by atoms with van der Waals surface area (Å²) in [5.41, 5.74) is 0.838. The Hall–Kier alpha value is -1.03. The summed E-state index contributed by atoms with van der Waals surface area (Å²) in [6.45, 7) is 0. The molecule has 0 bridgehead atoms. The zero-order chi connectivity index (χ0) is 8.39. The minimum Gasteiger partial charge on any atom is -0.324 e. The van der Waals surface area contributed by atoms with E-state index >= 15 is 0 Å². The van der Waals surface area contributed by atoms with Crippen molar-refractivity contribution >= 4 is 23.4 Å². The van der Waals surface area contributed by atoms with Crippen molar-refractivity contribution in [3.05, 3.63) is 18.3 Å². The van der Waals surface area contributed by atoms with Crippen LogP contribution in [0.4, 0.5) is 5.69 Å². The number of hydrogen-bond donors (Lipinski definition) is 1. The van der Waals surface area contributed by atoms with Crippen molar-refractivity contribution in [3.8, 4) is 0 Å². The Balaban J connectivity index is 2.37. The average Bonchev–Trinajstić information content (AvgIpc) is 2.25. The van der Waals surface area contributed by atoms with E-state index in [0.29, 0.717) is 6.42 Å². The molecule has 0 saturated carbocycles. The van der Waals surface area contributed by atoms with Gasteiger partial charge in [0.2, 0.25) is 5.91 Å². The lowest BCUT2D eigenvalue weighted by atomic mass is 10.4. The number of aromatic nitrogens is 1. The highest BCUT2D eigenvalue weighted by Gasteiger charge is 2.12. The van der Waals surface area contributed by atoms with Crippen LogP contribution in [0, 0.1) is 0 Å². The molecule has 2 rings (SSSR count). The summed E-state index contributed by atoms with van der Waals surface area (Å²) in [5, 5.41) is 3.72. The van der Waals surface area contributed by atoms with Gasteiger partial charge in [0.05, 0.1) is 5.69 Å². The molecule has 1 aromatic heterocycles. The van der Waals surface area contributed by atoms with E-state index in [-0.39, 0.29) is 5.91 Å². The van der Waals surface area contributed by atoms with Crippen LogP contribution in [0.5, 0.6) is 0 Å². The van der Waals surface area contributed by atoms with E-state index in [1.54, 1.807) is 18.0 Å². The predicted octanol–water partition coefficient (Wildman–Crippen LogP) is 1.52. The van der Waals surface area contributed by atoms with E-state index in [2.05, 4.69) is 10.3 Å². The maximum Gasteiger partial charge on any atom is 0.225 e. The van der Waals surface area contributed by atoms with E-state index in [9.17, 15) is 4.79 Å². The van der Waals surface area contributed by atoms with Gasteiger partial charge in [-0.05, 0) is 12.1 Å². The summed E-state index contributed by atoms with van der Waals surface area (Å²) in [6.07, 6.45) is 2.31. The predicted molar refractivity (Wildman–Crippen MR) is 48.2 cm³/mol. The highest BCUT2D eigenvalue weighted by Crippen LogP contribution is 2.27. The lowest BCUT2D eigenvalue weighted by Crippen LogP contribution is -2.10. The van der Waals surface area contributed by atoms with Gasteiger partial charge in [-0.2, -0.15) is 0 Å². The lowest BCUT2D eigenvalue weighted by molar-refractivity contribution is -0.115. The van der Waals surface area contributed by atoms with Crippen LogP contribution in [-0.4, -0.2) is 16.6 Å². The number of nitrogens with one attached hydrogen (secondary N) is 1. The van der Waals surface area contributed by atoms with Gasteiger partial charge >= 0.3 is 0 Å². The summed E-state index contributed by atoms with van der Waals surface area (Å²) in [5.74, 6) is 0.893. The fourth-order valence-corrected chi connectivity index (χ4v) is 1.94. The quantitative estimate of drug-likeness (QED) is 0.658. The number of carbonyl (C=O) groups excluding carboxylic acids is 1. The Labute approximate surface area is 74.6 Å². The molecule has 0 radical (unpaired) electrons. The van der Waals surface area contributed by atoms with Crippen LogP contribution in [0.25, 0.3) is 0 Å². The van der Waals surface area contributed by atoms with Crippen LogP contribution in [0.1, 0.15) is 6.42 Å². The molecule has 1 aromatic rings. The van der Waals surface area contributed by atoms with Crippen LogP contribution in [0.3, 0.4) is 0 Å². The maximum atomic E-state index is 11.1. The van der Waals surface area contributed by atoms with Crippen LogP contribution >= 0.6 is 11.8 Å². The van der Waals surface area contributed by atoms with Crippen molar-refractivity contribution in [1.82, 2.24) is 4.98 Å². The molecule has 0 atom stereocenters. The molecule has 0 aromatic carbocycles. The molecular weight excluding hydrogens is 172 g/mol. The van der Waals surface area contributed by atoms with E-state index < -0.39 is 0 Å². The topological polar surface area (TPSA) is 42.0 Å². The second-order valence-corrected chi connectivity index (χ2v) is 3.59. The van der Waals surface area contributed by atoms with Gasteiger partial charge in [0.25, 0.3) is 0 Å². The molecule has 1 aliphatic heterocycles. The molecule has 1 aliphatic rings. The molecule has 0 aliphatic carbocycles. The van der Waals surface area contributed by atoms with Gasteiger partial charge in [-0.3, -0.25) is 4.79 Å². The van der Waals surface area contributed by atoms with Crippen LogP contribution in [0.2, 0.25) is 0 Å². The highest BCUT2D eigenvalue weighted by atomic mass is 32.2. The molecule has 12 heavy (non-hydrogen) atoms. The second-order valence-electron chi connectivity index (χ2n) is 2.50. The Morgan fingerprint density at radius 3 is 3.42 bits per heavy atom. The van der Waals surface area contributed by atoms with Gasteiger partial charge in [-0.15, -0.1) is 11.8 Å². The molecule has 62 valence electrons. The molecule has 1 amide bonds. The maximum absolute atomic E-state index is 11.1. The minimum absolute atomic E-state index is 0.0780. The van der Waals surface area contributed by atoms with Crippen molar-refractivity contribution in [2.75, 3.05) is 11.1 Å². The molecular formula is C8H8N2OS. The lowest BCUT2D eigenvalue weighted by Gasteiger charge is -2.02. The van der Waals surface area contributed by atoms with Crippen LogP contribution in [0.15, 0.2) is 23.4 Å². The number of carbonyl (C=O) groups is 1. The minimum atomic E-state index is 0.0780. The summed E-state index contributed by atoms with van der Waals surface area (Å²) in [7, 11) is 0. The number of pyridine rings is 1. The van der Waals surface area contributed by atoms with Gasteiger partial charge in [0, 0.05) is 18.4 Å². The molecule has 1 N–H and O–H groups in total. The first kappa shape index (κ1) is 7.61. The first-order chi connectivity index (χ1) is 5.86. The molecule has 4 heteroatoms. The summed E-state index contributed by atoms with van der Waals surface area (Å²) in [4.78, 5) is 15.3. The molecule has 3 nitrogen and oxygen atoms in total. The van der Waals surface area contributed by atoms with E-state index in [4.69, 9.17) is 0 Å². The van der Waals surface area contributed by atoms with E-state index in [1.165, 1.54) is 0 Å². The Morgan fingerprint density at radius 2 is 2.50 bits per heavy atom. The number of fused-ring (bicyclic) bond motifs is 1. The number of hydrogen-bond acceptors (Lipinski definition) is 3. The van der Waals surface area contributed by atoms with Crippen LogP contribution < -0.4 is 5.32 Å². The van der Waals surface area contributed by atoms with Gasteiger partial charge in [-0.25, -0.2) is 4.98 Å². The first-order valence-electron chi connectivity index (χ1n) is 3.74. The van der Waals surface area contributed by atoms with Gasteiger partial charge in [-0.1, -0.05) is 0 Å². The Bertz CT molecular complexity index is 314. The fraction of sp³-hybridized carbons (Fsp3) is 0.250. The SMILES string of the molecule is O=C1CCSc2ncccc2N1. The van der Waals surface area contributed by atoms with Crippen molar-refractivity contribution in [2.24, 2.45) is 0 Å². The summed E-state index contributed by atoms with van der Waals surface area (Å²) < 4.78 is 0. The smallest absolute Gasteiger partial charge is 0.225 e. The summed E-state index contributed by atoms with van der Waals surface area (Å²) in [6, 6.07) is 3.70. The number of thioether (sulfide) groups is 1. The first-order valence-corrected chi connectivity index (χ1v) is 4.72. The normalized spacial score (nSPS) is 16.2. The van der Waals surface area contributed by atoms with E-state index in [1.807, 2.05) is 12.1 Å². The van der Waals surface area contributed by atoms with Gasteiger partial charge < -0.3 is 5.32 Å². The monoisotopic (exact) mass is 180 g/mol. The van der Waals surface area contributed by atoms with Gasteiger partial charge in [0.1, 0.15) is 5.03 Å². The van der Waals surface area contributed by atoms with Crippen LogP contribution in [-0.2, 0) is 4.79 Å². The number of nitrogens with zero attached hydrogens (tertiary/aromatic N) is 1. The van der Waals surface area contributed by atoms with Crippen molar-refractivity contribution in [3.63, 3.8) is 0 Å². The number of anilines is 1. The highest BCUT2D eigenvalue weighted by molar-refractivity contribution is 7.99. The van der Waals surface area contributed by atoms with Crippen molar-refractivity contribution in [2.45, 2.75) is 11.4 Å². The molecule has 0 spiro atoms. The molecule has 2 heterocycles. The Morgan fingerprint density at radius 1 is 1.58 bits per heavy atom. The van der Waals surface area contributed by atoms with E-state index in [0.717, 1.165) is 16.5 Å². The summed E-state index contributed by atoms with van der Waals surface area (Å²) >= 11 is 1.62. The number of rotatable bonds is 0. The zero-order valence-corrected chi connectivity index (χ0v) is 7.23. The average molecular weight is 180 g/mol. The second kappa shape index (κ2) is 3.15. The fourth-order valence-electron chi connectivity index (χ4n) is 1.05. The Kier molecular flexibility index (Phi) is 1.99. The third kappa shape index (κ3) is 1.43. The third-order valence-corrected chi connectivity index (χ3v) is 2.62. The largest absolute Gasteiger partial charge is 0.324 e. The molecule has 0 saturated heterocycles. The zero-order valence-electron chi connectivity index (χ0n) is 6.41. The molecule has 0 unspecified atom stereocenters. The number of amides is 1. The molecule has 0 fully saturated rings. The van der Waals surface area contributed by atoms with Crippen molar-refractivity contribution < 1.29 is 4.79 Å².